The van der Waals surface area contributed by atoms with Gasteiger partial charge in [-0.25, -0.2) is 0 Å². The van der Waals surface area contributed by atoms with Gasteiger partial charge in [0.2, 0.25) is 11.8 Å². The van der Waals surface area contributed by atoms with Crippen LogP contribution in [0.4, 0.5) is 11.4 Å². The first kappa shape index (κ1) is 23.7. The lowest BCUT2D eigenvalue weighted by Gasteiger charge is -2.24. The van der Waals surface area contributed by atoms with Crippen LogP contribution in [0.25, 0.3) is 0 Å². The van der Waals surface area contributed by atoms with E-state index in [-0.39, 0.29) is 24.9 Å². The van der Waals surface area contributed by atoms with Crippen molar-refractivity contribution in [2.45, 2.75) is 20.4 Å². The molecule has 0 bridgehead atoms. The Balaban J connectivity index is 1.90. The normalized spacial score (nSPS) is 10.8. The Morgan fingerprint density at radius 2 is 1.67 bits per heavy atom. The van der Waals surface area contributed by atoms with E-state index >= 15 is 0 Å². The second-order valence-corrected chi connectivity index (χ2v) is 8.08. The zero-order valence-electron chi connectivity index (χ0n) is 18.4. The lowest BCUT2D eigenvalue weighted by atomic mass is 10.2. The fourth-order valence-corrected chi connectivity index (χ4v) is 3.24. The molecule has 2 aromatic rings. The molecule has 2 aromatic carbocycles. The van der Waals surface area contributed by atoms with E-state index in [1.807, 2.05) is 50.9 Å². The van der Waals surface area contributed by atoms with E-state index in [9.17, 15) is 9.59 Å². The second-order valence-electron chi connectivity index (χ2n) is 7.65. The molecule has 0 saturated carbocycles. The van der Waals surface area contributed by atoms with Crippen LogP contribution in [0, 0.1) is 6.92 Å². The van der Waals surface area contributed by atoms with Crippen molar-refractivity contribution in [1.29, 1.82) is 0 Å². The molecule has 0 atom stereocenters. The van der Waals surface area contributed by atoms with Crippen molar-refractivity contribution in [1.82, 2.24) is 9.80 Å². The molecule has 0 spiro atoms. The standard InChI is InChI=1S/C23H31ClN4O2/c1-6-28(15-22(29)25-21-13-19(24)10-7-17(21)2)23(30)16-27(5)14-18-8-11-20(12-9-18)26(3)4/h7-13H,6,14-16H2,1-5H3,(H,25,29). The van der Waals surface area contributed by atoms with E-state index in [1.54, 1.807) is 17.0 Å². The quantitative estimate of drug-likeness (QED) is 0.660. The first-order valence-electron chi connectivity index (χ1n) is 9.98. The molecule has 2 amide bonds. The van der Waals surface area contributed by atoms with Crippen LogP contribution < -0.4 is 10.2 Å². The van der Waals surface area contributed by atoms with Crippen LogP contribution in [0.3, 0.4) is 0 Å². The number of carbonyl (C=O) groups is 2. The number of rotatable bonds is 9. The van der Waals surface area contributed by atoms with Crippen LogP contribution in [0.2, 0.25) is 5.02 Å². The summed E-state index contributed by atoms with van der Waals surface area (Å²) < 4.78 is 0. The van der Waals surface area contributed by atoms with Crippen molar-refractivity contribution in [3.63, 3.8) is 0 Å². The molecule has 1 N–H and O–H groups in total. The molecular formula is C23H31ClN4O2. The molecule has 0 aliphatic carbocycles. The minimum atomic E-state index is -0.238. The Hall–Kier alpha value is -2.57. The van der Waals surface area contributed by atoms with E-state index in [4.69, 9.17) is 11.6 Å². The maximum Gasteiger partial charge on any atom is 0.244 e. The molecule has 0 saturated heterocycles. The number of carbonyl (C=O) groups excluding carboxylic acids is 2. The minimum Gasteiger partial charge on any atom is -0.378 e. The summed E-state index contributed by atoms with van der Waals surface area (Å²) in [5, 5.41) is 3.40. The Morgan fingerprint density at radius 1 is 1.00 bits per heavy atom. The summed E-state index contributed by atoms with van der Waals surface area (Å²) in [5.41, 5.74) is 3.85. The van der Waals surface area contributed by atoms with Gasteiger partial charge in [-0.3, -0.25) is 14.5 Å². The predicted octanol–water partition coefficient (Wildman–Crippen LogP) is 3.63. The Labute approximate surface area is 184 Å². The molecule has 0 radical (unpaired) electrons. The lowest BCUT2D eigenvalue weighted by molar-refractivity contribution is -0.135. The van der Waals surface area contributed by atoms with E-state index in [1.165, 1.54) is 0 Å². The number of anilines is 2. The zero-order chi connectivity index (χ0) is 22.3. The van der Waals surface area contributed by atoms with Gasteiger partial charge in [-0.15, -0.1) is 0 Å². The zero-order valence-corrected chi connectivity index (χ0v) is 19.2. The summed E-state index contributed by atoms with van der Waals surface area (Å²) in [6, 6.07) is 13.6. The average molecular weight is 431 g/mol. The summed E-state index contributed by atoms with van der Waals surface area (Å²) >= 11 is 6.01. The molecule has 7 heteroatoms. The van der Waals surface area contributed by atoms with Crippen molar-refractivity contribution in [2.24, 2.45) is 0 Å². The SMILES string of the molecule is CCN(CC(=O)Nc1cc(Cl)ccc1C)C(=O)CN(C)Cc1ccc(N(C)C)cc1. The van der Waals surface area contributed by atoms with Crippen molar-refractivity contribution in [2.75, 3.05) is 51.0 Å². The van der Waals surface area contributed by atoms with E-state index in [0.29, 0.717) is 23.8 Å². The van der Waals surface area contributed by atoms with Crippen LogP contribution in [-0.4, -0.2) is 62.4 Å². The molecule has 0 fully saturated rings. The van der Waals surface area contributed by atoms with Crippen LogP contribution in [0.5, 0.6) is 0 Å². The number of hydrogen-bond acceptors (Lipinski definition) is 4. The summed E-state index contributed by atoms with van der Waals surface area (Å²) in [6.07, 6.45) is 0. The number of likely N-dealkylation sites (N-methyl/N-ethyl adjacent to an activating group) is 2. The fourth-order valence-electron chi connectivity index (χ4n) is 3.07. The monoisotopic (exact) mass is 430 g/mol. The molecule has 0 heterocycles. The molecule has 0 aliphatic heterocycles. The van der Waals surface area contributed by atoms with Crippen LogP contribution in [0.1, 0.15) is 18.1 Å². The molecular weight excluding hydrogens is 400 g/mol. The fraction of sp³-hybridized carbons (Fsp3) is 0.391. The number of nitrogens with one attached hydrogen (secondary N) is 1. The highest BCUT2D eigenvalue weighted by Gasteiger charge is 2.18. The number of amides is 2. The molecule has 6 nitrogen and oxygen atoms in total. The third-order valence-corrected chi connectivity index (χ3v) is 5.09. The molecule has 30 heavy (non-hydrogen) atoms. The van der Waals surface area contributed by atoms with E-state index in [0.717, 1.165) is 16.8 Å². The second kappa shape index (κ2) is 11.0. The lowest BCUT2D eigenvalue weighted by Crippen LogP contribution is -2.42. The van der Waals surface area contributed by atoms with Crippen molar-refractivity contribution >= 4 is 34.8 Å². The summed E-state index contributed by atoms with van der Waals surface area (Å²) in [4.78, 5) is 30.7. The van der Waals surface area contributed by atoms with Crippen LogP contribution in [0.15, 0.2) is 42.5 Å². The van der Waals surface area contributed by atoms with Gasteiger partial charge in [-0.05, 0) is 56.3 Å². The van der Waals surface area contributed by atoms with Gasteiger partial charge in [0.1, 0.15) is 0 Å². The molecule has 0 aromatic heterocycles. The highest BCUT2D eigenvalue weighted by molar-refractivity contribution is 6.31. The largest absolute Gasteiger partial charge is 0.378 e. The first-order valence-corrected chi connectivity index (χ1v) is 10.4. The number of hydrogen-bond donors (Lipinski definition) is 1. The van der Waals surface area contributed by atoms with Crippen LogP contribution >= 0.6 is 11.6 Å². The van der Waals surface area contributed by atoms with E-state index < -0.39 is 0 Å². The van der Waals surface area contributed by atoms with Crippen molar-refractivity contribution in [3.8, 4) is 0 Å². The van der Waals surface area contributed by atoms with Gasteiger partial charge in [0.15, 0.2) is 0 Å². The first-order chi connectivity index (χ1) is 14.2. The third-order valence-electron chi connectivity index (χ3n) is 4.85. The van der Waals surface area contributed by atoms with Gasteiger partial charge < -0.3 is 15.1 Å². The summed E-state index contributed by atoms with van der Waals surface area (Å²) in [6.45, 7) is 5.14. The maximum atomic E-state index is 12.7. The van der Waals surface area contributed by atoms with E-state index in [2.05, 4.69) is 29.6 Å². The summed E-state index contributed by atoms with van der Waals surface area (Å²) in [5.74, 6) is -0.319. The van der Waals surface area contributed by atoms with Gasteiger partial charge in [-0.2, -0.15) is 0 Å². The van der Waals surface area contributed by atoms with Gasteiger partial charge in [0.25, 0.3) is 0 Å². The highest BCUT2D eigenvalue weighted by atomic mass is 35.5. The van der Waals surface area contributed by atoms with Crippen molar-refractivity contribution in [3.05, 3.63) is 58.6 Å². The smallest absolute Gasteiger partial charge is 0.244 e. The molecule has 0 unspecified atom stereocenters. The Morgan fingerprint density at radius 3 is 2.27 bits per heavy atom. The number of aryl methyl sites for hydroxylation is 1. The molecule has 0 aliphatic rings. The Kier molecular flexibility index (Phi) is 8.69. The predicted molar refractivity (Wildman–Crippen MR) is 124 cm³/mol. The van der Waals surface area contributed by atoms with Gasteiger partial charge in [0, 0.05) is 43.6 Å². The molecule has 162 valence electrons. The number of nitrogens with zero attached hydrogens (tertiary/aromatic N) is 3. The minimum absolute atomic E-state index is 0.00661. The average Bonchev–Trinajstić information content (AvgIpc) is 2.69. The van der Waals surface area contributed by atoms with Gasteiger partial charge in [0.05, 0.1) is 13.1 Å². The maximum absolute atomic E-state index is 12.7. The van der Waals surface area contributed by atoms with Crippen LogP contribution in [-0.2, 0) is 16.1 Å². The van der Waals surface area contributed by atoms with Gasteiger partial charge >= 0.3 is 0 Å². The number of halogens is 1. The molecule has 2 rings (SSSR count). The third kappa shape index (κ3) is 7.04. The summed E-state index contributed by atoms with van der Waals surface area (Å²) in [7, 11) is 5.91. The highest BCUT2D eigenvalue weighted by Crippen LogP contribution is 2.20. The van der Waals surface area contributed by atoms with Gasteiger partial charge in [-0.1, -0.05) is 29.8 Å². The number of benzene rings is 2. The van der Waals surface area contributed by atoms with Crippen molar-refractivity contribution < 1.29 is 9.59 Å². The topological polar surface area (TPSA) is 55.9 Å². The Bertz CT molecular complexity index is 868.